The fourth-order valence-corrected chi connectivity index (χ4v) is 2.13. The molecule has 0 aliphatic rings. The number of esters is 1. The molecule has 4 heteroatoms. The Hall–Kier alpha value is -1.29. The van der Waals surface area contributed by atoms with Crippen LogP contribution in [0, 0.1) is 0 Å². The van der Waals surface area contributed by atoms with E-state index < -0.39 is 0 Å². The van der Waals surface area contributed by atoms with Crippen molar-refractivity contribution in [1.82, 2.24) is 9.88 Å². The van der Waals surface area contributed by atoms with E-state index in [-0.39, 0.29) is 18.6 Å². The Bertz CT molecular complexity index is 379. The lowest BCUT2D eigenvalue weighted by Crippen LogP contribution is -2.20. The van der Waals surface area contributed by atoms with Crippen LogP contribution in [-0.4, -0.2) is 23.2 Å². The minimum absolute atomic E-state index is 0.0582. The van der Waals surface area contributed by atoms with Gasteiger partial charge in [-0.2, -0.15) is 0 Å². The molecule has 1 aromatic heterocycles. The van der Waals surface area contributed by atoms with Gasteiger partial charge in [0, 0.05) is 18.4 Å². The van der Waals surface area contributed by atoms with Crippen LogP contribution in [-0.2, 0) is 16.1 Å². The van der Waals surface area contributed by atoms with Gasteiger partial charge in [0.25, 0.3) is 0 Å². The second-order valence-corrected chi connectivity index (χ2v) is 5.05. The average Bonchev–Trinajstić information content (AvgIpc) is 2.76. The van der Waals surface area contributed by atoms with E-state index in [1.165, 1.54) is 5.56 Å². The van der Waals surface area contributed by atoms with Gasteiger partial charge < -0.3 is 14.6 Å². The molecule has 108 valence electrons. The zero-order valence-electron chi connectivity index (χ0n) is 12.5. The van der Waals surface area contributed by atoms with E-state index in [0.717, 1.165) is 19.4 Å². The van der Waals surface area contributed by atoms with Crippen molar-refractivity contribution in [3.8, 4) is 0 Å². The summed E-state index contributed by atoms with van der Waals surface area (Å²) >= 11 is 0. The average molecular weight is 266 g/mol. The standard InChI is InChI=1S/C15H26N2O2/c1-5-7-14(16-6-2)13-8-9-17(10-13)11-15(18)19-12(3)4/h8-10,12,14,16H,5-7,11H2,1-4H3. The highest BCUT2D eigenvalue weighted by Gasteiger charge is 2.12. The van der Waals surface area contributed by atoms with E-state index in [1.807, 2.05) is 30.8 Å². The molecule has 0 aliphatic carbocycles. The second-order valence-electron chi connectivity index (χ2n) is 5.05. The Kier molecular flexibility index (Phi) is 6.64. The molecule has 4 nitrogen and oxygen atoms in total. The Labute approximate surface area is 116 Å². The van der Waals surface area contributed by atoms with Gasteiger partial charge in [-0.15, -0.1) is 0 Å². The van der Waals surface area contributed by atoms with Crippen LogP contribution in [0.25, 0.3) is 0 Å². The van der Waals surface area contributed by atoms with Gasteiger partial charge in [0.05, 0.1) is 6.10 Å². The molecule has 19 heavy (non-hydrogen) atoms. The van der Waals surface area contributed by atoms with Crippen LogP contribution in [0.2, 0.25) is 0 Å². The number of ether oxygens (including phenoxy) is 1. The molecule has 0 aromatic carbocycles. The summed E-state index contributed by atoms with van der Waals surface area (Å²) in [5.41, 5.74) is 1.24. The minimum Gasteiger partial charge on any atom is -0.462 e. The normalized spacial score (nSPS) is 12.7. The van der Waals surface area contributed by atoms with E-state index in [9.17, 15) is 4.79 Å². The van der Waals surface area contributed by atoms with E-state index >= 15 is 0 Å². The van der Waals surface area contributed by atoms with Crippen molar-refractivity contribution in [2.24, 2.45) is 0 Å². The van der Waals surface area contributed by atoms with Crippen molar-refractivity contribution in [3.63, 3.8) is 0 Å². The fraction of sp³-hybridized carbons (Fsp3) is 0.667. The van der Waals surface area contributed by atoms with Crippen LogP contribution < -0.4 is 5.32 Å². The van der Waals surface area contributed by atoms with Gasteiger partial charge >= 0.3 is 5.97 Å². The SMILES string of the molecule is CCCC(NCC)c1ccn(CC(=O)OC(C)C)c1. The number of nitrogens with one attached hydrogen (secondary N) is 1. The number of carbonyl (C=O) groups is 1. The quantitative estimate of drug-likeness (QED) is 0.736. The smallest absolute Gasteiger partial charge is 0.326 e. The highest BCUT2D eigenvalue weighted by atomic mass is 16.5. The maximum atomic E-state index is 11.6. The number of nitrogens with zero attached hydrogens (tertiary/aromatic N) is 1. The Morgan fingerprint density at radius 2 is 2.16 bits per heavy atom. The molecular weight excluding hydrogens is 240 g/mol. The van der Waals surface area contributed by atoms with E-state index in [1.54, 1.807) is 0 Å². The lowest BCUT2D eigenvalue weighted by molar-refractivity contribution is -0.148. The van der Waals surface area contributed by atoms with Crippen LogP contribution in [0.15, 0.2) is 18.5 Å². The first-order valence-electron chi connectivity index (χ1n) is 7.15. The number of hydrogen-bond acceptors (Lipinski definition) is 3. The highest BCUT2D eigenvalue weighted by molar-refractivity contribution is 5.69. The fourth-order valence-electron chi connectivity index (χ4n) is 2.13. The first-order valence-corrected chi connectivity index (χ1v) is 7.15. The summed E-state index contributed by atoms with van der Waals surface area (Å²) < 4.78 is 7.03. The number of rotatable bonds is 8. The van der Waals surface area contributed by atoms with Crippen molar-refractivity contribution < 1.29 is 9.53 Å². The topological polar surface area (TPSA) is 43.3 Å². The molecule has 0 spiro atoms. The minimum atomic E-state index is -0.187. The van der Waals surface area contributed by atoms with Gasteiger partial charge in [-0.1, -0.05) is 20.3 Å². The molecule has 0 amide bonds. The number of hydrogen-bond donors (Lipinski definition) is 1. The molecule has 0 radical (unpaired) electrons. The summed E-state index contributed by atoms with van der Waals surface area (Å²) in [6.45, 7) is 9.25. The van der Waals surface area contributed by atoms with E-state index in [2.05, 4.69) is 25.2 Å². The van der Waals surface area contributed by atoms with Gasteiger partial charge in [-0.25, -0.2) is 0 Å². The Balaban J connectivity index is 2.61. The van der Waals surface area contributed by atoms with Crippen LogP contribution in [0.5, 0.6) is 0 Å². The Morgan fingerprint density at radius 1 is 1.42 bits per heavy atom. The second kappa shape index (κ2) is 8.00. The van der Waals surface area contributed by atoms with Crippen LogP contribution in [0.4, 0.5) is 0 Å². The van der Waals surface area contributed by atoms with Gasteiger partial charge in [0.2, 0.25) is 0 Å². The molecule has 0 fully saturated rings. The van der Waals surface area contributed by atoms with Crippen LogP contribution in [0.3, 0.4) is 0 Å². The summed E-state index contributed by atoms with van der Waals surface area (Å²) in [5, 5.41) is 3.47. The summed E-state index contributed by atoms with van der Waals surface area (Å²) in [6.07, 6.45) is 6.16. The van der Waals surface area contributed by atoms with Gasteiger partial charge in [0.1, 0.15) is 6.54 Å². The zero-order valence-corrected chi connectivity index (χ0v) is 12.5. The summed E-state index contributed by atoms with van der Waals surface area (Å²) in [7, 11) is 0. The third-order valence-electron chi connectivity index (χ3n) is 2.88. The first-order chi connectivity index (χ1) is 9.06. The Morgan fingerprint density at radius 3 is 2.74 bits per heavy atom. The molecular formula is C15H26N2O2. The molecule has 1 N–H and O–H groups in total. The maximum absolute atomic E-state index is 11.6. The van der Waals surface area contributed by atoms with Gasteiger partial charge in [0.15, 0.2) is 0 Å². The zero-order chi connectivity index (χ0) is 14.3. The summed E-state index contributed by atoms with van der Waals surface area (Å²) in [6, 6.07) is 2.45. The van der Waals surface area contributed by atoms with Crippen molar-refractivity contribution in [2.45, 2.75) is 59.2 Å². The van der Waals surface area contributed by atoms with Crippen molar-refractivity contribution in [2.75, 3.05) is 6.54 Å². The van der Waals surface area contributed by atoms with Crippen LogP contribution >= 0.6 is 0 Å². The summed E-state index contributed by atoms with van der Waals surface area (Å²) in [5.74, 6) is -0.187. The molecule has 1 heterocycles. The molecule has 0 saturated carbocycles. The number of aromatic nitrogens is 1. The molecule has 1 rings (SSSR count). The largest absolute Gasteiger partial charge is 0.462 e. The molecule has 1 atom stereocenters. The molecule has 0 bridgehead atoms. The number of carbonyl (C=O) groups excluding carboxylic acids is 1. The van der Waals surface area contributed by atoms with Gasteiger partial charge in [-0.05, 0) is 38.4 Å². The van der Waals surface area contributed by atoms with Crippen LogP contribution in [0.1, 0.15) is 52.1 Å². The van der Waals surface area contributed by atoms with Gasteiger partial charge in [-0.3, -0.25) is 4.79 Å². The van der Waals surface area contributed by atoms with Crippen molar-refractivity contribution >= 4 is 5.97 Å². The third-order valence-corrected chi connectivity index (χ3v) is 2.88. The third kappa shape index (κ3) is 5.47. The maximum Gasteiger partial charge on any atom is 0.326 e. The van der Waals surface area contributed by atoms with E-state index in [4.69, 9.17) is 4.74 Å². The lowest BCUT2D eigenvalue weighted by atomic mass is 10.1. The monoisotopic (exact) mass is 266 g/mol. The highest BCUT2D eigenvalue weighted by Crippen LogP contribution is 2.18. The van der Waals surface area contributed by atoms with Crippen molar-refractivity contribution in [3.05, 3.63) is 24.0 Å². The molecule has 1 aromatic rings. The van der Waals surface area contributed by atoms with Crippen molar-refractivity contribution in [1.29, 1.82) is 0 Å². The molecule has 0 saturated heterocycles. The lowest BCUT2D eigenvalue weighted by Gasteiger charge is -2.15. The summed E-state index contributed by atoms with van der Waals surface area (Å²) in [4.78, 5) is 11.6. The first kappa shape index (κ1) is 15.8. The van der Waals surface area contributed by atoms with E-state index in [0.29, 0.717) is 6.04 Å². The molecule has 0 aliphatic heterocycles. The predicted octanol–water partition coefficient (Wildman–Crippen LogP) is 2.89. The molecule has 1 unspecified atom stereocenters. The predicted molar refractivity (Wildman–Crippen MR) is 77.0 cm³/mol.